The van der Waals surface area contributed by atoms with Crippen molar-refractivity contribution in [2.24, 2.45) is 0 Å². The van der Waals surface area contributed by atoms with Crippen LogP contribution in [0.2, 0.25) is 0 Å². The van der Waals surface area contributed by atoms with Gasteiger partial charge in [-0.15, -0.1) is 0 Å². The molecule has 1 amide bonds. The lowest BCUT2D eigenvalue weighted by molar-refractivity contribution is -0.139. The number of ketones is 1. The molecule has 1 aromatic carbocycles. The van der Waals surface area contributed by atoms with E-state index in [0.717, 1.165) is 0 Å². The topological polar surface area (TPSA) is 78.1 Å². The van der Waals surface area contributed by atoms with Gasteiger partial charge >= 0.3 is 0 Å². The SMILES string of the molecule is Cc1nc2ccccn2c1/C(O)=C1\C(=O)C(=O)N(CCCN(C)C)[C@H]1c1cccc(F)c1. The molecule has 4 rings (SSSR count). The Morgan fingerprint density at radius 2 is 1.97 bits per heavy atom. The molecule has 3 aromatic rings. The highest BCUT2D eigenvalue weighted by Gasteiger charge is 2.46. The van der Waals surface area contributed by atoms with Crippen molar-refractivity contribution < 1.29 is 19.1 Å². The normalized spacial score (nSPS) is 18.3. The Balaban J connectivity index is 1.89. The Morgan fingerprint density at radius 3 is 2.69 bits per heavy atom. The van der Waals surface area contributed by atoms with Crippen LogP contribution < -0.4 is 0 Å². The number of pyridine rings is 1. The molecule has 8 heteroatoms. The van der Waals surface area contributed by atoms with Crippen molar-refractivity contribution in [2.75, 3.05) is 27.2 Å². The zero-order valence-corrected chi connectivity index (χ0v) is 18.2. The Kier molecular flexibility index (Phi) is 5.80. The van der Waals surface area contributed by atoms with Crippen molar-refractivity contribution in [3.63, 3.8) is 0 Å². The number of fused-ring (bicyclic) bond motifs is 1. The molecule has 1 atom stereocenters. The second-order valence-electron chi connectivity index (χ2n) is 8.18. The van der Waals surface area contributed by atoms with Crippen LogP contribution in [-0.4, -0.2) is 63.2 Å². The molecule has 32 heavy (non-hydrogen) atoms. The van der Waals surface area contributed by atoms with Crippen molar-refractivity contribution in [3.05, 3.63) is 77.0 Å². The first-order valence-electron chi connectivity index (χ1n) is 10.4. The third-order valence-corrected chi connectivity index (χ3v) is 5.64. The maximum absolute atomic E-state index is 14.1. The number of carbonyl (C=O) groups excluding carboxylic acids is 2. The predicted molar refractivity (Wildman–Crippen MR) is 119 cm³/mol. The number of likely N-dealkylation sites (tertiary alicyclic amines) is 1. The Bertz CT molecular complexity index is 1230. The highest BCUT2D eigenvalue weighted by atomic mass is 19.1. The van der Waals surface area contributed by atoms with Crippen LogP contribution in [0, 0.1) is 12.7 Å². The molecule has 7 nitrogen and oxygen atoms in total. The number of rotatable bonds is 6. The van der Waals surface area contributed by atoms with Crippen LogP contribution in [0.4, 0.5) is 4.39 Å². The highest BCUT2D eigenvalue weighted by Crippen LogP contribution is 2.40. The van der Waals surface area contributed by atoms with Crippen molar-refractivity contribution >= 4 is 23.1 Å². The standard InChI is InChI=1S/C24H25FN4O3/c1-15-20(28-12-5-4-10-18(28)26-15)22(30)19-21(16-8-6-9-17(25)14-16)29(24(32)23(19)31)13-7-11-27(2)3/h4-6,8-10,12,14,21,30H,7,11,13H2,1-3H3/b22-19+/t21-/m0/s1. The van der Waals surface area contributed by atoms with Gasteiger partial charge < -0.3 is 14.9 Å². The number of aryl methyl sites for hydroxylation is 1. The van der Waals surface area contributed by atoms with Gasteiger partial charge in [0.2, 0.25) is 0 Å². The molecule has 1 aliphatic rings. The molecule has 0 saturated carbocycles. The number of imidazole rings is 1. The van der Waals surface area contributed by atoms with Gasteiger partial charge in [-0.25, -0.2) is 9.37 Å². The minimum Gasteiger partial charge on any atom is -0.505 e. The molecule has 166 valence electrons. The van der Waals surface area contributed by atoms with Crippen LogP contribution in [0.15, 0.2) is 54.2 Å². The van der Waals surface area contributed by atoms with E-state index in [0.29, 0.717) is 42.1 Å². The molecule has 1 fully saturated rings. The second kappa shape index (κ2) is 8.55. The number of nitrogens with zero attached hydrogens (tertiary/aromatic N) is 4. The van der Waals surface area contributed by atoms with Crippen LogP contribution in [-0.2, 0) is 9.59 Å². The van der Waals surface area contributed by atoms with E-state index in [2.05, 4.69) is 4.98 Å². The first-order chi connectivity index (χ1) is 15.3. The molecule has 1 N–H and O–H groups in total. The number of aliphatic hydroxyl groups is 1. The van der Waals surface area contributed by atoms with Crippen molar-refractivity contribution in [3.8, 4) is 0 Å². The van der Waals surface area contributed by atoms with E-state index in [1.165, 1.54) is 23.1 Å². The van der Waals surface area contributed by atoms with Crippen LogP contribution in [0.1, 0.15) is 29.4 Å². The van der Waals surface area contributed by atoms with Gasteiger partial charge in [0, 0.05) is 12.7 Å². The first kappa shape index (κ1) is 21.7. The summed E-state index contributed by atoms with van der Waals surface area (Å²) in [5.74, 6) is -2.28. The molecule has 3 heterocycles. The summed E-state index contributed by atoms with van der Waals surface area (Å²) < 4.78 is 15.8. The molecule has 0 radical (unpaired) electrons. The number of hydrogen-bond donors (Lipinski definition) is 1. The average Bonchev–Trinajstić information content (AvgIpc) is 3.21. The number of hydrogen-bond acceptors (Lipinski definition) is 5. The van der Waals surface area contributed by atoms with Crippen LogP contribution in [0.3, 0.4) is 0 Å². The lowest BCUT2D eigenvalue weighted by Gasteiger charge is -2.26. The van der Waals surface area contributed by atoms with E-state index in [1.807, 2.05) is 25.1 Å². The fourth-order valence-corrected chi connectivity index (χ4v) is 4.22. The lowest BCUT2D eigenvalue weighted by Crippen LogP contribution is -2.32. The molecule has 0 aliphatic carbocycles. The minimum atomic E-state index is -0.887. The van der Waals surface area contributed by atoms with E-state index in [4.69, 9.17) is 0 Å². The van der Waals surface area contributed by atoms with Gasteiger partial charge in [-0.05, 0) is 63.8 Å². The number of carbonyl (C=O) groups is 2. The first-order valence-corrected chi connectivity index (χ1v) is 10.4. The molecular formula is C24H25FN4O3. The fourth-order valence-electron chi connectivity index (χ4n) is 4.22. The Labute approximate surface area is 185 Å². The quantitative estimate of drug-likeness (QED) is 0.365. The maximum Gasteiger partial charge on any atom is 0.295 e. The molecule has 2 aromatic heterocycles. The summed E-state index contributed by atoms with van der Waals surface area (Å²) in [6.45, 7) is 2.74. The second-order valence-corrected chi connectivity index (χ2v) is 8.18. The number of aliphatic hydroxyl groups excluding tert-OH is 1. The fraction of sp³-hybridized carbons (Fsp3) is 0.292. The highest BCUT2D eigenvalue weighted by molar-refractivity contribution is 6.46. The van der Waals surface area contributed by atoms with Gasteiger partial charge in [-0.2, -0.15) is 0 Å². The smallest absolute Gasteiger partial charge is 0.295 e. The number of Topliss-reactive ketones (excluding diaryl/α,β-unsaturated/α-hetero) is 1. The van der Waals surface area contributed by atoms with Gasteiger partial charge in [0.1, 0.15) is 17.2 Å². The summed E-state index contributed by atoms with van der Waals surface area (Å²) in [5.41, 5.74) is 1.84. The summed E-state index contributed by atoms with van der Waals surface area (Å²) in [4.78, 5) is 34.0. The van der Waals surface area contributed by atoms with E-state index in [-0.39, 0.29) is 11.3 Å². The zero-order valence-electron chi connectivity index (χ0n) is 18.2. The average molecular weight is 436 g/mol. The summed E-state index contributed by atoms with van der Waals surface area (Å²) >= 11 is 0. The molecule has 0 unspecified atom stereocenters. The molecule has 0 bridgehead atoms. The third-order valence-electron chi connectivity index (χ3n) is 5.64. The molecular weight excluding hydrogens is 411 g/mol. The third kappa shape index (κ3) is 3.78. The minimum absolute atomic E-state index is 0.0563. The van der Waals surface area contributed by atoms with Crippen molar-refractivity contribution in [2.45, 2.75) is 19.4 Å². The number of benzene rings is 1. The van der Waals surface area contributed by atoms with E-state index in [1.54, 1.807) is 35.7 Å². The summed E-state index contributed by atoms with van der Waals surface area (Å²) in [6, 6.07) is 10.3. The Morgan fingerprint density at radius 1 is 1.19 bits per heavy atom. The number of amides is 1. The molecule has 0 spiro atoms. The van der Waals surface area contributed by atoms with Gasteiger partial charge in [-0.3, -0.25) is 14.0 Å². The maximum atomic E-state index is 14.1. The van der Waals surface area contributed by atoms with Gasteiger partial charge in [0.25, 0.3) is 11.7 Å². The van der Waals surface area contributed by atoms with E-state index in [9.17, 15) is 19.1 Å². The monoisotopic (exact) mass is 436 g/mol. The molecule has 1 saturated heterocycles. The number of aromatic nitrogens is 2. The lowest BCUT2D eigenvalue weighted by atomic mass is 9.96. The summed E-state index contributed by atoms with van der Waals surface area (Å²) in [5, 5.41) is 11.3. The van der Waals surface area contributed by atoms with Crippen molar-refractivity contribution in [1.29, 1.82) is 0 Å². The zero-order chi connectivity index (χ0) is 23.0. The van der Waals surface area contributed by atoms with Crippen molar-refractivity contribution in [1.82, 2.24) is 19.2 Å². The van der Waals surface area contributed by atoms with E-state index < -0.39 is 23.5 Å². The van der Waals surface area contributed by atoms with Gasteiger partial charge in [0.05, 0.1) is 17.3 Å². The summed E-state index contributed by atoms with van der Waals surface area (Å²) in [6.07, 6.45) is 2.36. The molecule has 1 aliphatic heterocycles. The summed E-state index contributed by atoms with van der Waals surface area (Å²) in [7, 11) is 3.84. The van der Waals surface area contributed by atoms with Gasteiger partial charge in [0.15, 0.2) is 5.76 Å². The largest absolute Gasteiger partial charge is 0.505 e. The van der Waals surface area contributed by atoms with Gasteiger partial charge in [-0.1, -0.05) is 18.2 Å². The predicted octanol–water partition coefficient (Wildman–Crippen LogP) is 3.16. The van der Waals surface area contributed by atoms with Crippen LogP contribution in [0.5, 0.6) is 0 Å². The van der Waals surface area contributed by atoms with Crippen LogP contribution >= 0.6 is 0 Å². The van der Waals surface area contributed by atoms with E-state index >= 15 is 0 Å². The van der Waals surface area contributed by atoms with Crippen LogP contribution in [0.25, 0.3) is 11.4 Å². The number of halogens is 1. The Hall–Kier alpha value is -3.52.